The maximum atomic E-state index is 11.2. The zero-order valence-corrected chi connectivity index (χ0v) is 9.69. The molecule has 0 N–H and O–H groups in total. The zero-order valence-electron chi connectivity index (χ0n) is 8.88. The molecule has 1 aliphatic carbocycles. The average molecular weight is 218 g/mol. The van der Waals surface area contributed by atoms with Crippen LogP contribution in [0.25, 0.3) is 0 Å². The fourth-order valence-electron chi connectivity index (χ4n) is 2.69. The summed E-state index contributed by atoms with van der Waals surface area (Å²) in [6, 6.07) is 0. The SMILES string of the molecule is COC1(C)CCC2(CC1)CS(=O)(=O)C2. The smallest absolute Gasteiger partial charge is 0.151 e. The summed E-state index contributed by atoms with van der Waals surface area (Å²) in [4.78, 5) is 0. The first-order valence-corrected chi connectivity index (χ1v) is 6.97. The molecule has 4 heteroatoms. The van der Waals surface area contributed by atoms with Gasteiger partial charge in [-0.15, -0.1) is 0 Å². The van der Waals surface area contributed by atoms with Gasteiger partial charge in [0.1, 0.15) is 0 Å². The standard InChI is InChI=1S/C10H18O3S/c1-9(13-2)3-5-10(6-4-9)7-14(11,12)8-10/h3-8H2,1-2H3. The van der Waals surface area contributed by atoms with Gasteiger partial charge in [0.25, 0.3) is 0 Å². The van der Waals surface area contributed by atoms with Crippen molar-refractivity contribution >= 4 is 9.84 Å². The summed E-state index contributed by atoms with van der Waals surface area (Å²) in [5, 5.41) is 0. The van der Waals surface area contributed by atoms with Crippen LogP contribution in [0, 0.1) is 5.41 Å². The highest BCUT2D eigenvalue weighted by molar-refractivity contribution is 7.92. The van der Waals surface area contributed by atoms with Crippen molar-refractivity contribution in [3.63, 3.8) is 0 Å². The van der Waals surface area contributed by atoms with Crippen LogP contribution in [-0.4, -0.2) is 32.6 Å². The summed E-state index contributed by atoms with van der Waals surface area (Å²) < 4.78 is 27.8. The van der Waals surface area contributed by atoms with E-state index >= 15 is 0 Å². The summed E-state index contributed by atoms with van der Waals surface area (Å²) in [5.41, 5.74) is 0.113. The van der Waals surface area contributed by atoms with Crippen LogP contribution in [0.3, 0.4) is 0 Å². The largest absolute Gasteiger partial charge is 0.379 e. The molecule has 3 nitrogen and oxygen atoms in total. The Labute approximate surface area is 85.8 Å². The van der Waals surface area contributed by atoms with Crippen LogP contribution < -0.4 is 0 Å². The maximum Gasteiger partial charge on any atom is 0.151 e. The summed E-state index contributed by atoms with van der Waals surface area (Å²) in [5.74, 6) is 0.833. The quantitative estimate of drug-likeness (QED) is 0.668. The molecule has 1 heterocycles. The minimum absolute atomic E-state index is 0.00932. The Hall–Kier alpha value is -0.0900. The highest BCUT2D eigenvalue weighted by Crippen LogP contribution is 2.48. The van der Waals surface area contributed by atoms with Crippen molar-refractivity contribution in [3.8, 4) is 0 Å². The fourth-order valence-corrected chi connectivity index (χ4v) is 5.05. The predicted molar refractivity (Wildman–Crippen MR) is 55.0 cm³/mol. The first kappa shape index (κ1) is 10.4. The van der Waals surface area contributed by atoms with E-state index in [1.807, 2.05) is 0 Å². The van der Waals surface area contributed by atoms with Crippen LogP contribution in [0.2, 0.25) is 0 Å². The molecule has 1 spiro atoms. The van der Waals surface area contributed by atoms with Crippen LogP contribution >= 0.6 is 0 Å². The second kappa shape index (κ2) is 2.95. The molecule has 2 fully saturated rings. The highest BCUT2D eigenvalue weighted by Gasteiger charge is 2.51. The molecule has 0 atom stereocenters. The second-order valence-electron chi connectivity index (χ2n) is 5.19. The third-order valence-corrected chi connectivity index (χ3v) is 6.02. The van der Waals surface area contributed by atoms with Crippen molar-refractivity contribution in [2.45, 2.75) is 38.2 Å². The number of hydrogen-bond acceptors (Lipinski definition) is 3. The number of hydrogen-bond donors (Lipinski definition) is 0. The van der Waals surface area contributed by atoms with Gasteiger partial charge in [-0.3, -0.25) is 0 Å². The lowest BCUT2D eigenvalue weighted by atomic mass is 9.71. The van der Waals surface area contributed by atoms with Gasteiger partial charge in [0, 0.05) is 7.11 Å². The Balaban J connectivity index is 1.98. The molecular weight excluding hydrogens is 200 g/mol. The molecule has 0 aromatic rings. The molecule has 0 aromatic carbocycles. The van der Waals surface area contributed by atoms with Gasteiger partial charge in [-0.05, 0) is 38.0 Å². The van der Waals surface area contributed by atoms with Crippen LogP contribution in [0.15, 0.2) is 0 Å². The van der Waals surface area contributed by atoms with E-state index in [1.54, 1.807) is 7.11 Å². The predicted octanol–water partition coefficient (Wildman–Crippen LogP) is 1.38. The molecule has 2 aliphatic rings. The van der Waals surface area contributed by atoms with Crippen LogP contribution in [-0.2, 0) is 14.6 Å². The van der Waals surface area contributed by atoms with E-state index in [4.69, 9.17) is 4.74 Å². The van der Waals surface area contributed by atoms with Crippen molar-refractivity contribution in [2.24, 2.45) is 5.41 Å². The van der Waals surface area contributed by atoms with Gasteiger partial charge in [-0.25, -0.2) is 8.42 Å². The van der Waals surface area contributed by atoms with Crippen molar-refractivity contribution in [3.05, 3.63) is 0 Å². The van der Waals surface area contributed by atoms with E-state index in [-0.39, 0.29) is 11.0 Å². The third kappa shape index (κ3) is 1.70. The summed E-state index contributed by atoms with van der Waals surface area (Å²) in [7, 11) is -0.929. The summed E-state index contributed by atoms with van der Waals surface area (Å²) in [6.07, 6.45) is 4.02. The Morgan fingerprint density at radius 2 is 1.57 bits per heavy atom. The molecule has 0 aromatic heterocycles. The lowest BCUT2D eigenvalue weighted by molar-refractivity contribution is -0.0479. The maximum absolute atomic E-state index is 11.2. The topological polar surface area (TPSA) is 43.4 Å². The normalized spacial score (nSPS) is 32.4. The van der Waals surface area contributed by atoms with E-state index in [0.29, 0.717) is 11.5 Å². The number of ether oxygens (including phenoxy) is 1. The van der Waals surface area contributed by atoms with Crippen LogP contribution in [0.4, 0.5) is 0 Å². The Morgan fingerprint density at radius 1 is 1.07 bits per heavy atom. The first-order chi connectivity index (χ1) is 6.39. The molecule has 2 rings (SSSR count). The third-order valence-electron chi connectivity index (χ3n) is 3.91. The molecule has 0 bridgehead atoms. The monoisotopic (exact) mass is 218 g/mol. The van der Waals surface area contributed by atoms with E-state index < -0.39 is 9.84 Å². The number of methoxy groups -OCH3 is 1. The summed E-state index contributed by atoms with van der Waals surface area (Å²) >= 11 is 0. The van der Waals surface area contributed by atoms with Crippen molar-refractivity contribution < 1.29 is 13.2 Å². The second-order valence-corrected chi connectivity index (χ2v) is 7.25. The minimum atomic E-state index is -2.67. The van der Waals surface area contributed by atoms with Gasteiger partial charge in [0.05, 0.1) is 17.1 Å². The first-order valence-electron chi connectivity index (χ1n) is 5.14. The van der Waals surface area contributed by atoms with E-state index in [2.05, 4.69) is 6.92 Å². The van der Waals surface area contributed by atoms with Crippen LogP contribution in [0.5, 0.6) is 0 Å². The molecule has 1 aliphatic heterocycles. The molecule has 82 valence electrons. The Morgan fingerprint density at radius 3 is 1.93 bits per heavy atom. The minimum Gasteiger partial charge on any atom is -0.379 e. The van der Waals surface area contributed by atoms with Gasteiger partial charge in [-0.1, -0.05) is 0 Å². The van der Waals surface area contributed by atoms with E-state index in [0.717, 1.165) is 25.7 Å². The lowest BCUT2D eigenvalue weighted by Gasteiger charge is -2.48. The highest BCUT2D eigenvalue weighted by atomic mass is 32.2. The van der Waals surface area contributed by atoms with E-state index in [9.17, 15) is 8.42 Å². The average Bonchev–Trinajstić information content (AvgIpc) is 2.08. The fraction of sp³-hybridized carbons (Fsp3) is 1.00. The number of sulfone groups is 1. The molecular formula is C10H18O3S. The van der Waals surface area contributed by atoms with E-state index in [1.165, 1.54) is 0 Å². The summed E-state index contributed by atoms with van der Waals surface area (Å²) in [6.45, 7) is 2.12. The molecule has 14 heavy (non-hydrogen) atoms. The lowest BCUT2D eigenvalue weighted by Crippen LogP contribution is -2.53. The molecule has 0 unspecified atom stereocenters. The Bertz CT molecular complexity index is 309. The Kier molecular flexibility index (Phi) is 2.20. The van der Waals surface area contributed by atoms with Gasteiger partial charge in [0.15, 0.2) is 9.84 Å². The van der Waals surface area contributed by atoms with Gasteiger partial charge >= 0.3 is 0 Å². The molecule has 1 saturated carbocycles. The molecule has 1 saturated heterocycles. The van der Waals surface area contributed by atoms with Crippen LogP contribution in [0.1, 0.15) is 32.6 Å². The van der Waals surface area contributed by atoms with Crippen molar-refractivity contribution in [1.82, 2.24) is 0 Å². The number of rotatable bonds is 1. The van der Waals surface area contributed by atoms with Gasteiger partial charge < -0.3 is 4.74 Å². The molecule has 0 radical (unpaired) electrons. The van der Waals surface area contributed by atoms with Gasteiger partial charge in [-0.2, -0.15) is 0 Å². The van der Waals surface area contributed by atoms with Gasteiger partial charge in [0.2, 0.25) is 0 Å². The zero-order chi connectivity index (χ0) is 10.4. The molecule has 0 amide bonds. The van der Waals surface area contributed by atoms with Crippen molar-refractivity contribution in [2.75, 3.05) is 18.6 Å². The van der Waals surface area contributed by atoms with Crippen molar-refractivity contribution in [1.29, 1.82) is 0 Å².